The van der Waals surface area contributed by atoms with Gasteiger partial charge in [0.1, 0.15) is 35.4 Å². The van der Waals surface area contributed by atoms with E-state index in [1.165, 1.54) is 37.7 Å². The number of anilines is 4. The fourth-order valence-electron chi connectivity index (χ4n) is 7.52. The van der Waals surface area contributed by atoms with Gasteiger partial charge in [-0.05, 0) is 62.5 Å². The van der Waals surface area contributed by atoms with Crippen molar-refractivity contribution in [2.45, 2.75) is 31.7 Å². The third-order valence-electron chi connectivity index (χ3n) is 10.7. The number of methoxy groups -OCH3 is 1. The molecule has 0 aliphatic carbocycles. The molecule has 5 amide bonds. The van der Waals surface area contributed by atoms with Gasteiger partial charge in [0.25, 0.3) is 11.8 Å². The van der Waals surface area contributed by atoms with E-state index in [2.05, 4.69) is 20.6 Å². The Labute approximate surface area is 368 Å². The molecule has 0 saturated carbocycles. The van der Waals surface area contributed by atoms with Crippen molar-refractivity contribution in [3.63, 3.8) is 0 Å². The predicted octanol–water partition coefficient (Wildman–Crippen LogP) is 5.02. The van der Waals surface area contributed by atoms with E-state index in [-0.39, 0.29) is 52.1 Å². The van der Waals surface area contributed by atoms with E-state index < -0.39 is 125 Å². The highest BCUT2D eigenvalue weighted by Gasteiger charge is 2.49. The predicted molar refractivity (Wildman–Crippen MR) is 219 cm³/mol. The van der Waals surface area contributed by atoms with Crippen LogP contribution in [0.5, 0.6) is 5.75 Å². The molecule has 324 valence electrons. The number of nitrogens with one attached hydrogen (secondary N) is 3. The van der Waals surface area contributed by atoms with Gasteiger partial charge in [-0.2, -0.15) is 0 Å². The van der Waals surface area contributed by atoms with Crippen molar-refractivity contribution in [1.29, 1.82) is 0 Å². The summed E-state index contributed by atoms with van der Waals surface area (Å²) in [5, 5.41) is 8.06. The van der Waals surface area contributed by atoms with Gasteiger partial charge in [0.15, 0.2) is 17.5 Å². The second-order valence-corrected chi connectivity index (χ2v) is 15.0. The quantitative estimate of drug-likeness (QED) is 0.0798. The minimum absolute atomic E-state index is 0.0900. The van der Waals surface area contributed by atoms with Crippen LogP contribution in [0.25, 0.3) is 10.9 Å². The number of hydrogen-bond acceptors (Lipinski definition) is 12. The van der Waals surface area contributed by atoms with Gasteiger partial charge in [-0.1, -0.05) is 17.7 Å². The molecule has 4 aliphatic rings. The number of aromatic nitrogens is 2. The van der Waals surface area contributed by atoms with Gasteiger partial charge in [-0.3, -0.25) is 44.0 Å². The molecule has 0 bridgehead atoms. The molecule has 3 saturated heterocycles. The van der Waals surface area contributed by atoms with Crippen LogP contribution in [0.1, 0.15) is 57.4 Å². The Morgan fingerprint density at radius 1 is 0.952 bits per heavy atom. The first-order valence-electron chi connectivity index (χ1n) is 23.1. The monoisotopic (exact) mass is 885 g/mol. The van der Waals surface area contributed by atoms with Crippen LogP contribution >= 0.6 is 11.6 Å². The summed E-state index contributed by atoms with van der Waals surface area (Å²) >= 11 is 5.94. The van der Waals surface area contributed by atoms with Gasteiger partial charge in [0, 0.05) is 74.2 Å². The standard InChI is InChI=1S/C42H40ClF4N9O6/c1-62-30-19-27-24(39(49-21-48-27)50-23-4-5-26(44)25(43)17-23)18-28(30)51-31(57)3-2-10-53-11-8-22(9-12-53)20-54-13-15-55(16-14-54)38-36(46)34-33(35(45)37(38)47)41(60)56(42(34)61)29-6-7-32(58)52-40(29)59/h2-5,17-19,21-22,29H,6-16,20H2,1H3,(H,51,57)(H,48,49,50)(H,52,58,59)/b3-2+/i13D2,14D2,15D2,16D2. The Hall–Kier alpha value is -6.18. The maximum atomic E-state index is 16.6. The van der Waals surface area contributed by atoms with Gasteiger partial charge < -0.3 is 20.3 Å². The second kappa shape index (κ2) is 17.7. The van der Waals surface area contributed by atoms with Gasteiger partial charge in [-0.15, -0.1) is 0 Å². The minimum atomic E-state index is -3.92. The molecule has 8 rings (SSSR count). The maximum absolute atomic E-state index is 16.6. The Balaban J connectivity index is 0.940. The second-order valence-electron chi connectivity index (χ2n) is 14.6. The first kappa shape index (κ1) is 33.4. The smallest absolute Gasteiger partial charge is 0.265 e. The number of halogens is 5. The number of likely N-dealkylation sites (tertiary alicyclic amines) is 1. The summed E-state index contributed by atoms with van der Waals surface area (Å²) in [6, 6.07) is 5.45. The molecule has 0 radical (unpaired) electrons. The number of benzene rings is 3. The number of hydrogen-bond donors (Lipinski definition) is 3. The van der Waals surface area contributed by atoms with Crippen LogP contribution in [0.3, 0.4) is 0 Å². The van der Waals surface area contributed by atoms with Crippen molar-refractivity contribution in [1.82, 2.24) is 30.0 Å². The third kappa shape index (κ3) is 8.38. The zero-order valence-electron chi connectivity index (χ0n) is 40.5. The molecule has 5 heterocycles. The SMILES string of the molecule is [2H]C1([2H])N(CC2CCN(C/C=C/C(=O)Nc3cc4c(Nc5ccc(F)c(Cl)c5)ncnc4cc3OC)CC2)C([2H])([2H])C([2H])([2H])N(c2c(F)c(F)c3c(c2F)C(=O)N(C2CCC(=O)NC2=O)C3=O)C1([2H])[2H]. The molecule has 3 N–H and O–H groups in total. The van der Waals surface area contributed by atoms with E-state index >= 15 is 13.2 Å². The van der Waals surface area contributed by atoms with E-state index in [4.69, 9.17) is 27.3 Å². The lowest BCUT2D eigenvalue weighted by Gasteiger charge is -2.39. The van der Waals surface area contributed by atoms with Crippen LogP contribution in [-0.4, -0.2) is 120 Å². The zero-order chi connectivity index (χ0) is 51.0. The molecule has 15 nitrogen and oxygen atoms in total. The third-order valence-corrected chi connectivity index (χ3v) is 11.0. The lowest BCUT2D eigenvalue weighted by atomic mass is 9.96. The lowest BCUT2D eigenvalue weighted by Crippen LogP contribution is -2.54. The Morgan fingerprint density at radius 2 is 1.68 bits per heavy atom. The van der Waals surface area contributed by atoms with E-state index in [1.807, 2.05) is 10.2 Å². The molecule has 4 aromatic rings. The molecular weight excluding hydrogens is 838 g/mol. The number of imide groups is 2. The number of piperazine rings is 1. The van der Waals surface area contributed by atoms with Crippen LogP contribution in [-0.2, 0) is 14.4 Å². The topological polar surface area (TPSA) is 169 Å². The molecular formula is C42H40ClF4N9O6. The number of ether oxygens (including phenoxy) is 1. The van der Waals surface area contributed by atoms with Gasteiger partial charge in [0.05, 0.1) is 39.9 Å². The van der Waals surface area contributed by atoms with Gasteiger partial charge in [0.2, 0.25) is 17.7 Å². The van der Waals surface area contributed by atoms with Crippen molar-refractivity contribution in [3.8, 4) is 5.75 Å². The fraction of sp³-hybridized carbons (Fsp3) is 0.357. The Bertz CT molecular complexity index is 2890. The molecule has 0 spiro atoms. The van der Waals surface area contributed by atoms with E-state index in [1.54, 1.807) is 18.2 Å². The van der Waals surface area contributed by atoms with Crippen LogP contribution in [0.2, 0.25) is 5.02 Å². The van der Waals surface area contributed by atoms with Crippen LogP contribution < -0.4 is 25.6 Å². The molecule has 3 aromatic carbocycles. The van der Waals surface area contributed by atoms with E-state index in [9.17, 15) is 28.4 Å². The van der Waals surface area contributed by atoms with Gasteiger partial charge >= 0.3 is 0 Å². The summed E-state index contributed by atoms with van der Waals surface area (Å²) in [5.74, 6) is -13.4. The summed E-state index contributed by atoms with van der Waals surface area (Å²) in [6.45, 7) is -14.8. The average Bonchev–Trinajstić information content (AvgIpc) is 3.55. The van der Waals surface area contributed by atoms with E-state index in [0.717, 1.165) is 0 Å². The number of carbonyl (C=O) groups is 5. The molecule has 3 fully saturated rings. The van der Waals surface area contributed by atoms with Crippen LogP contribution in [0, 0.1) is 29.2 Å². The van der Waals surface area contributed by atoms with E-state index in [0.29, 0.717) is 35.5 Å². The first-order chi connectivity index (χ1) is 32.8. The number of nitrogens with zero attached hydrogens (tertiary/aromatic N) is 6. The summed E-state index contributed by atoms with van der Waals surface area (Å²) in [4.78, 5) is 74.3. The summed E-state index contributed by atoms with van der Waals surface area (Å²) in [6.07, 6.45) is 3.81. The molecule has 1 unspecified atom stereocenters. The number of piperidine rings is 2. The Morgan fingerprint density at radius 3 is 2.37 bits per heavy atom. The highest BCUT2D eigenvalue weighted by Crippen LogP contribution is 2.39. The van der Waals surface area contributed by atoms with Gasteiger partial charge in [-0.25, -0.2) is 27.5 Å². The fourth-order valence-corrected chi connectivity index (χ4v) is 7.70. The number of fused-ring (bicyclic) bond motifs is 2. The zero-order valence-corrected chi connectivity index (χ0v) is 33.2. The van der Waals surface area contributed by atoms with Crippen molar-refractivity contribution in [3.05, 3.63) is 88.2 Å². The average molecular weight is 886 g/mol. The number of amides is 5. The van der Waals surface area contributed by atoms with Crippen LogP contribution in [0.4, 0.5) is 40.4 Å². The van der Waals surface area contributed by atoms with Crippen molar-refractivity contribution < 1.29 is 57.2 Å². The maximum Gasteiger partial charge on any atom is 0.265 e. The summed E-state index contributed by atoms with van der Waals surface area (Å²) in [5.41, 5.74) is -3.87. The normalized spacial score (nSPS) is 24.3. The minimum Gasteiger partial charge on any atom is -0.494 e. The Kier molecular flexibility index (Phi) is 9.53. The van der Waals surface area contributed by atoms with Crippen molar-refractivity contribution in [2.24, 2.45) is 5.92 Å². The number of carbonyl (C=O) groups excluding carboxylic acids is 5. The van der Waals surface area contributed by atoms with Crippen molar-refractivity contribution in [2.75, 3.05) is 74.8 Å². The number of rotatable bonds is 11. The first-order valence-corrected chi connectivity index (χ1v) is 19.5. The molecule has 4 aliphatic heterocycles. The molecule has 62 heavy (non-hydrogen) atoms. The molecule has 1 aromatic heterocycles. The summed E-state index contributed by atoms with van der Waals surface area (Å²) in [7, 11) is 1.41. The highest BCUT2D eigenvalue weighted by molar-refractivity contribution is 6.31. The lowest BCUT2D eigenvalue weighted by molar-refractivity contribution is -0.136. The molecule has 1 atom stereocenters. The van der Waals surface area contributed by atoms with Crippen LogP contribution in [0.15, 0.2) is 48.8 Å². The highest BCUT2D eigenvalue weighted by atomic mass is 35.5. The summed E-state index contributed by atoms with van der Waals surface area (Å²) < 4.78 is 139. The molecule has 20 heteroatoms. The largest absolute Gasteiger partial charge is 0.494 e. The van der Waals surface area contributed by atoms with Crippen molar-refractivity contribution >= 4 is 74.9 Å².